The van der Waals surface area contributed by atoms with Gasteiger partial charge in [0.2, 0.25) is 10.0 Å². The molecule has 0 bridgehead atoms. The van der Waals surface area contributed by atoms with Crippen LogP contribution < -0.4 is 0 Å². The largest absolute Gasteiger partial charge is 0.320 e. The smallest absolute Gasteiger partial charge is 0.269 e. The van der Waals surface area contributed by atoms with Gasteiger partial charge >= 0.3 is 6.55 Å². The van der Waals surface area contributed by atoms with Crippen LogP contribution in [0.15, 0.2) is 52.5 Å². The number of rotatable bonds is 8. The zero-order valence-electron chi connectivity index (χ0n) is 15.4. The van der Waals surface area contributed by atoms with Gasteiger partial charge in [-0.3, -0.25) is 4.57 Å². The standard InChI is InChI=1S/C18H20F2N4O2S2/c1-3-23(4-2)28(25,26)13-9-10-17(21-11-13)27-12-16-22-14-7-5-6-8-15(14)24(16)18(19)20/h5-11,18H,3-4,12H2,1-2H3. The summed E-state index contributed by atoms with van der Waals surface area (Å²) in [4.78, 5) is 8.57. The zero-order chi connectivity index (χ0) is 20.3. The molecule has 0 N–H and O–H groups in total. The molecule has 28 heavy (non-hydrogen) atoms. The second kappa shape index (κ2) is 8.54. The first-order valence-electron chi connectivity index (χ1n) is 8.71. The average molecular weight is 427 g/mol. The van der Waals surface area contributed by atoms with E-state index in [1.807, 2.05) is 0 Å². The Hall–Kier alpha value is -2.04. The van der Waals surface area contributed by atoms with Crippen molar-refractivity contribution in [2.75, 3.05) is 13.1 Å². The lowest BCUT2D eigenvalue weighted by Crippen LogP contribution is -2.30. The molecule has 0 spiro atoms. The van der Waals surface area contributed by atoms with Gasteiger partial charge in [0.25, 0.3) is 0 Å². The molecular weight excluding hydrogens is 406 g/mol. The lowest BCUT2D eigenvalue weighted by molar-refractivity contribution is 0.0722. The quantitative estimate of drug-likeness (QED) is 0.506. The third kappa shape index (κ3) is 4.03. The lowest BCUT2D eigenvalue weighted by Gasteiger charge is -2.18. The van der Waals surface area contributed by atoms with Gasteiger partial charge in [-0.2, -0.15) is 13.1 Å². The van der Waals surface area contributed by atoms with Gasteiger partial charge in [-0.25, -0.2) is 18.4 Å². The van der Waals surface area contributed by atoms with Crippen molar-refractivity contribution in [1.29, 1.82) is 0 Å². The molecule has 150 valence electrons. The van der Waals surface area contributed by atoms with Gasteiger partial charge in [0.1, 0.15) is 10.7 Å². The van der Waals surface area contributed by atoms with Crippen molar-refractivity contribution in [2.45, 2.75) is 36.1 Å². The van der Waals surface area contributed by atoms with Gasteiger partial charge in [0, 0.05) is 19.3 Å². The monoisotopic (exact) mass is 426 g/mol. The Labute approximate surface area is 166 Å². The number of imidazole rings is 1. The molecule has 0 radical (unpaired) electrons. The summed E-state index contributed by atoms with van der Waals surface area (Å²) in [5, 5.41) is 0.534. The van der Waals surface area contributed by atoms with Crippen LogP contribution in [-0.4, -0.2) is 40.3 Å². The van der Waals surface area contributed by atoms with E-state index in [9.17, 15) is 17.2 Å². The van der Waals surface area contributed by atoms with Crippen LogP contribution in [-0.2, 0) is 15.8 Å². The molecule has 0 saturated heterocycles. The van der Waals surface area contributed by atoms with E-state index in [-0.39, 0.29) is 16.5 Å². The normalized spacial score (nSPS) is 12.4. The number of hydrogen-bond acceptors (Lipinski definition) is 5. The molecule has 2 aromatic heterocycles. The predicted octanol–water partition coefficient (Wildman–Crippen LogP) is 4.15. The molecule has 3 aromatic rings. The van der Waals surface area contributed by atoms with Crippen molar-refractivity contribution < 1.29 is 17.2 Å². The van der Waals surface area contributed by atoms with Gasteiger partial charge in [0.05, 0.1) is 21.8 Å². The van der Waals surface area contributed by atoms with Crippen LogP contribution in [0.2, 0.25) is 0 Å². The molecule has 0 aliphatic rings. The fourth-order valence-corrected chi connectivity index (χ4v) is 5.05. The van der Waals surface area contributed by atoms with Gasteiger partial charge < -0.3 is 0 Å². The molecule has 0 aliphatic heterocycles. The summed E-state index contributed by atoms with van der Waals surface area (Å²) in [6, 6.07) is 9.80. The molecule has 0 atom stereocenters. The maximum atomic E-state index is 13.5. The summed E-state index contributed by atoms with van der Waals surface area (Å²) in [7, 11) is -3.57. The summed E-state index contributed by atoms with van der Waals surface area (Å²) in [5.74, 6) is 0.427. The molecule has 0 saturated carbocycles. The van der Waals surface area contributed by atoms with Crippen molar-refractivity contribution in [3.8, 4) is 0 Å². The molecule has 3 rings (SSSR count). The molecule has 2 heterocycles. The van der Waals surface area contributed by atoms with E-state index in [0.717, 1.165) is 4.57 Å². The first-order chi connectivity index (χ1) is 13.4. The van der Waals surface area contributed by atoms with E-state index >= 15 is 0 Å². The maximum absolute atomic E-state index is 13.5. The van der Waals surface area contributed by atoms with Crippen LogP contribution in [0.4, 0.5) is 8.78 Å². The third-order valence-electron chi connectivity index (χ3n) is 4.27. The number of fused-ring (bicyclic) bond motifs is 1. The summed E-state index contributed by atoms with van der Waals surface area (Å²) in [6.07, 6.45) is 1.30. The molecule has 6 nitrogen and oxygen atoms in total. The van der Waals surface area contributed by atoms with Gasteiger partial charge in [-0.15, -0.1) is 0 Å². The number of sulfonamides is 1. The highest BCUT2D eigenvalue weighted by Gasteiger charge is 2.22. The van der Waals surface area contributed by atoms with Crippen LogP contribution in [0, 0.1) is 0 Å². The van der Waals surface area contributed by atoms with Crippen LogP contribution in [0.25, 0.3) is 11.0 Å². The zero-order valence-corrected chi connectivity index (χ0v) is 17.1. The third-order valence-corrected chi connectivity index (χ3v) is 7.24. The second-order valence-corrected chi connectivity index (χ2v) is 8.81. The maximum Gasteiger partial charge on any atom is 0.320 e. The predicted molar refractivity (Wildman–Crippen MR) is 105 cm³/mol. The molecule has 10 heteroatoms. The first-order valence-corrected chi connectivity index (χ1v) is 11.1. The van der Waals surface area contributed by atoms with E-state index in [4.69, 9.17) is 0 Å². The minimum absolute atomic E-state index is 0.111. The SMILES string of the molecule is CCN(CC)S(=O)(=O)c1ccc(SCc2nc3ccccc3n2C(F)F)nc1. The van der Waals surface area contributed by atoms with Crippen LogP contribution in [0.1, 0.15) is 26.2 Å². The molecule has 0 fully saturated rings. The molecule has 0 amide bonds. The number of halogens is 2. The van der Waals surface area contributed by atoms with Crippen LogP contribution >= 0.6 is 11.8 Å². The summed E-state index contributed by atoms with van der Waals surface area (Å²) in [6.45, 7) is 1.59. The Bertz CT molecular complexity index is 1050. The highest BCUT2D eigenvalue weighted by molar-refractivity contribution is 7.98. The first kappa shape index (κ1) is 20.7. The number of aromatic nitrogens is 3. The van der Waals surface area contributed by atoms with Gasteiger partial charge in [-0.05, 0) is 24.3 Å². The van der Waals surface area contributed by atoms with E-state index in [2.05, 4.69) is 9.97 Å². The topological polar surface area (TPSA) is 68.1 Å². The van der Waals surface area contributed by atoms with E-state index in [0.29, 0.717) is 29.1 Å². The molecular formula is C18H20F2N4O2S2. The average Bonchev–Trinajstić information content (AvgIpc) is 3.06. The van der Waals surface area contributed by atoms with E-state index in [1.165, 1.54) is 28.3 Å². The summed E-state index contributed by atoms with van der Waals surface area (Å²) < 4.78 is 54.2. The Morgan fingerprint density at radius 1 is 1.14 bits per heavy atom. The summed E-state index contributed by atoms with van der Waals surface area (Å²) in [5.41, 5.74) is 0.883. The molecule has 0 aliphatic carbocycles. The molecule has 1 aromatic carbocycles. The fourth-order valence-electron chi connectivity index (χ4n) is 2.87. The Morgan fingerprint density at radius 3 is 2.46 bits per heavy atom. The Balaban J connectivity index is 1.79. The number of benzene rings is 1. The van der Waals surface area contributed by atoms with Crippen LogP contribution in [0.3, 0.4) is 0 Å². The minimum Gasteiger partial charge on any atom is -0.269 e. The minimum atomic E-state index is -3.57. The van der Waals surface area contributed by atoms with Crippen molar-refractivity contribution in [3.63, 3.8) is 0 Å². The van der Waals surface area contributed by atoms with Gasteiger partial charge in [-0.1, -0.05) is 37.7 Å². The highest BCUT2D eigenvalue weighted by atomic mass is 32.2. The number of thioether (sulfide) groups is 1. The molecule has 0 unspecified atom stereocenters. The van der Waals surface area contributed by atoms with Crippen molar-refractivity contribution >= 4 is 32.8 Å². The highest BCUT2D eigenvalue weighted by Crippen LogP contribution is 2.28. The summed E-state index contributed by atoms with van der Waals surface area (Å²) >= 11 is 1.22. The van der Waals surface area contributed by atoms with Crippen LogP contribution in [0.5, 0.6) is 0 Å². The Kier molecular flexibility index (Phi) is 6.31. The lowest BCUT2D eigenvalue weighted by atomic mass is 10.3. The number of alkyl halides is 2. The number of pyridine rings is 1. The van der Waals surface area contributed by atoms with Crippen molar-refractivity contribution in [2.24, 2.45) is 0 Å². The fraction of sp³-hybridized carbons (Fsp3) is 0.333. The van der Waals surface area contributed by atoms with E-state index in [1.54, 1.807) is 44.2 Å². The van der Waals surface area contributed by atoms with Crippen molar-refractivity contribution in [1.82, 2.24) is 18.8 Å². The Morgan fingerprint density at radius 2 is 1.86 bits per heavy atom. The number of hydrogen-bond donors (Lipinski definition) is 0. The van der Waals surface area contributed by atoms with Gasteiger partial charge in [0.15, 0.2) is 0 Å². The number of nitrogens with zero attached hydrogens (tertiary/aromatic N) is 4. The van der Waals surface area contributed by atoms with Crippen molar-refractivity contribution in [3.05, 3.63) is 48.4 Å². The number of para-hydroxylation sites is 2. The second-order valence-electron chi connectivity index (χ2n) is 5.87. The van der Waals surface area contributed by atoms with E-state index < -0.39 is 16.6 Å².